The van der Waals surface area contributed by atoms with Crippen LogP contribution < -0.4 is 0 Å². The van der Waals surface area contributed by atoms with E-state index in [-0.39, 0.29) is 6.04 Å². The van der Waals surface area contributed by atoms with Crippen LogP contribution in [0.4, 0.5) is 0 Å². The molecule has 1 aromatic carbocycles. The maximum Gasteiger partial charge on any atom is 0.336 e. The first-order valence-electron chi connectivity index (χ1n) is 7.29. The number of morpholine rings is 1. The lowest BCUT2D eigenvalue weighted by Gasteiger charge is -2.35. The Bertz CT molecular complexity index is 668. The summed E-state index contributed by atoms with van der Waals surface area (Å²) in [4.78, 5) is 13.6. The highest BCUT2D eigenvalue weighted by atomic mass is 16.5. The normalized spacial score (nSPS) is 19.2. The zero-order valence-electron chi connectivity index (χ0n) is 12.5. The number of aromatic amines is 1. The second-order valence-electron chi connectivity index (χ2n) is 5.49. The van der Waals surface area contributed by atoms with Crippen molar-refractivity contribution in [2.24, 2.45) is 0 Å². The highest BCUT2D eigenvalue weighted by Gasteiger charge is 2.28. The van der Waals surface area contributed by atoms with E-state index in [2.05, 4.69) is 15.1 Å². The van der Waals surface area contributed by atoms with Gasteiger partial charge in [-0.15, -0.1) is 0 Å². The molecule has 1 aliphatic rings. The van der Waals surface area contributed by atoms with Gasteiger partial charge in [0, 0.05) is 13.1 Å². The molecule has 6 heteroatoms. The number of carboxylic acids is 1. The number of benzene rings is 1. The molecule has 0 saturated carbocycles. The Kier molecular flexibility index (Phi) is 4.22. The van der Waals surface area contributed by atoms with Crippen molar-refractivity contribution in [2.45, 2.75) is 19.5 Å². The fourth-order valence-corrected chi connectivity index (χ4v) is 2.87. The predicted molar refractivity (Wildman–Crippen MR) is 80.7 cm³/mol. The molecule has 0 aliphatic carbocycles. The van der Waals surface area contributed by atoms with Gasteiger partial charge < -0.3 is 9.84 Å². The maximum absolute atomic E-state index is 11.4. The van der Waals surface area contributed by atoms with Gasteiger partial charge in [-0.2, -0.15) is 5.10 Å². The minimum absolute atomic E-state index is 0.0677. The molecular formula is C16H19N3O3. The Morgan fingerprint density at radius 2 is 2.32 bits per heavy atom. The van der Waals surface area contributed by atoms with Crippen molar-refractivity contribution in [1.82, 2.24) is 15.1 Å². The van der Waals surface area contributed by atoms with E-state index in [1.807, 2.05) is 19.1 Å². The van der Waals surface area contributed by atoms with E-state index in [0.717, 1.165) is 23.4 Å². The molecule has 1 aliphatic heterocycles. The number of hydrogen-bond acceptors (Lipinski definition) is 4. The van der Waals surface area contributed by atoms with Crippen LogP contribution in [0.2, 0.25) is 0 Å². The number of nitrogens with one attached hydrogen (secondary N) is 1. The largest absolute Gasteiger partial charge is 0.478 e. The first-order chi connectivity index (χ1) is 10.7. The molecule has 116 valence electrons. The highest BCUT2D eigenvalue weighted by molar-refractivity contribution is 5.89. The molecule has 1 atom stereocenters. The third-order valence-corrected chi connectivity index (χ3v) is 4.06. The van der Waals surface area contributed by atoms with E-state index < -0.39 is 5.97 Å². The lowest BCUT2D eigenvalue weighted by Crippen LogP contribution is -2.39. The van der Waals surface area contributed by atoms with Gasteiger partial charge in [0.05, 0.1) is 36.7 Å². The number of carbonyl (C=O) groups is 1. The van der Waals surface area contributed by atoms with E-state index >= 15 is 0 Å². The second-order valence-corrected chi connectivity index (χ2v) is 5.49. The van der Waals surface area contributed by atoms with Gasteiger partial charge in [0.25, 0.3) is 0 Å². The summed E-state index contributed by atoms with van der Waals surface area (Å²) in [7, 11) is 0. The quantitative estimate of drug-likeness (QED) is 0.903. The van der Waals surface area contributed by atoms with E-state index in [0.29, 0.717) is 25.3 Å². The number of hydrogen-bond donors (Lipinski definition) is 2. The molecule has 0 amide bonds. The molecule has 0 bridgehead atoms. The van der Waals surface area contributed by atoms with Gasteiger partial charge in [-0.05, 0) is 24.1 Å². The molecule has 0 spiro atoms. The van der Waals surface area contributed by atoms with E-state index in [9.17, 15) is 9.90 Å². The fraction of sp³-hybridized carbons (Fsp3) is 0.375. The predicted octanol–water partition coefficient (Wildman–Crippen LogP) is 1.99. The Hall–Kier alpha value is -2.18. The van der Waals surface area contributed by atoms with Crippen LogP contribution in [0.5, 0.6) is 0 Å². The summed E-state index contributed by atoms with van der Waals surface area (Å²) in [5.41, 5.74) is 3.30. The first kappa shape index (κ1) is 14.7. The lowest BCUT2D eigenvalue weighted by molar-refractivity contribution is -0.0146. The number of aromatic carboxylic acids is 1. The molecule has 0 radical (unpaired) electrons. The van der Waals surface area contributed by atoms with Crippen molar-refractivity contribution in [1.29, 1.82) is 0 Å². The molecule has 1 fully saturated rings. The number of rotatable bonds is 4. The van der Waals surface area contributed by atoms with Gasteiger partial charge in [-0.3, -0.25) is 10.00 Å². The molecule has 2 aromatic rings. The van der Waals surface area contributed by atoms with Crippen molar-refractivity contribution in [2.75, 3.05) is 19.8 Å². The highest BCUT2D eigenvalue weighted by Crippen LogP contribution is 2.27. The van der Waals surface area contributed by atoms with E-state index in [1.165, 1.54) is 0 Å². The molecular weight excluding hydrogens is 282 g/mol. The Labute approximate surface area is 128 Å². The zero-order chi connectivity index (χ0) is 15.5. The topological polar surface area (TPSA) is 78.5 Å². The van der Waals surface area contributed by atoms with Crippen LogP contribution in [0.3, 0.4) is 0 Å². The van der Waals surface area contributed by atoms with Crippen LogP contribution in [0.1, 0.15) is 33.2 Å². The standard InChI is InChI=1S/C16H19N3O3/c1-11-8-17-18-15(11)14-10-22-7-6-19(14)9-12-4-2-3-5-13(12)16(20)21/h2-5,8,14H,6-7,9-10H2,1H3,(H,17,18)(H,20,21)/t14-/m0/s1. The van der Waals surface area contributed by atoms with Crippen LogP contribution in [0.15, 0.2) is 30.5 Å². The van der Waals surface area contributed by atoms with Gasteiger partial charge in [0.15, 0.2) is 0 Å². The fourth-order valence-electron chi connectivity index (χ4n) is 2.87. The van der Waals surface area contributed by atoms with Crippen molar-refractivity contribution >= 4 is 5.97 Å². The first-order valence-corrected chi connectivity index (χ1v) is 7.29. The average Bonchev–Trinajstić information content (AvgIpc) is 2.94. The van der Waals surface area contributed by atoms with Crippen molar-refractivity contribution < 1.29 is 14.6 Å². The third-order valence-electron chi connectivity index (χ3n) is 4.06. The summed E-state index contributed by atoms with van der Waals surface area (Å²) >= 11 is 0. The zero-order valence-corrected chi connectivity index (χ0v) is 12.5. The Morgan fingerprint density at radius 1 is 1.50 bits per heavy atom. The van der Waals surface area contributed by atoms with Crippen LogP contribution in [0, 0.1) is 6.92 Å². The van der Waals surface area contributed by atoms with Crippen LogP contribution in [-0.4, -0.2) is 45.9 Å². The molecule has 22 heavy (non-hydrogen) atoms. The minimum atomic E-state index is -0.891. The smallest absolute Gasteiger partial charge is 0.336 e. The van der Waals surface area contributed by atoms with E-state index in [1.54, 1.807) is 18.3 Å². The average molecular weight is 301 g/mol. The molecule has 2 heterocycles. The summed E-state index contributed by atoms with van der Waals surface area (Å²) in [5.74, 6) is -0.891. The summed E-state index contributed by atoms with van der Waals surface area (Å²) in [6.07, 6.45) is 1.80. The van der Waals surface area contributed by atoms with Crippen LogP contribution >= 0.6 is 0 Å². The van der Waals surface area contributed by atoms with Crippen LogP contribution in [-0.2, 0) is 11.3 Å². The Balaban J connectivity index is 1.86. The van der Waals surface area contributed by atoms with Crippen molar-refractivity contribution in [3.05, 3.63) is 52.8 Å². The molecule has 2 N–H and O–H groups in total. The minimum Gasteiger partial charge on any atom is -0.478 e. The summed E-state index contributed by atoms with van der Waals surface area (Å²) in [5, 5.41) is 16.5. The molecule has 1 aromatic heterocycles. The maximum atomic E-state index is 11.4. The second kappa shape index (κ2) is 6.29. The SMILES string of the molecule is Cc1cn[nH]c1[C@@H]1COCCN1Cc1ccccc1C(=O)O. The summed E-state index contributed by atoms with van der Waals surface area (Å²) in [6, 6.07) is 7.21. The van der Waals surface area contributed by atoms with Gasteiger partial charge in [-0.1, -0.05) is 18.2 Å². The summed E-state index contributed by atoms with van der Waals surface area (Å²) < 4.78 is 5.60. The Morgan fingerprint density at radius 3 is 3.05 bits per heavy atom. The number of aromatic nitrogens is 2. The number of aryl methyl sites for hydroxylation is 1. The van der Waals surface area contributed by atoms with Crippen LogP contribution in [0.25, 0.3) is 0 Å². The van der Waals surface area contributed by atoms with Crippen molar-refractivity contribution in [3.8, 4) is 0 Å². The third kappa shape index (κ3) is 2.88. The van der Waals surface area contributed by atoms with Crippen molar-refractivity contribution in [3.63, 3.8) is 0 Å². The number of nitrogens with zero attached hydrogens (tertiary/aromatic N) is 2. The van der Waals surface area contributed by atoms with Gasteiger partial charge in [0.1, 0.15) is 0 Å². The number of H-pyrrole nitrogens is 1. The molecule has 1 saturated heterocycles. The monoisotopic (exact) mass is 301 g/mol. The lowest BCUT2D eigenvalue weighted by atomic mass is 10.0. The van der Waals surface area contributed by atoms with Gasteiger partial charge in [-0.25, -0.2) is 4.79 Å². The number of ether oxygens (including phenoxy) is 1. The summed E-state index contributed by atoms with van der Waals surface area (Å²) in [6.45, 7) is 4.58. The van der Waals surface area contributed by atoms with Gasteiger partial charge >= 0.3 is 5.97 Å². The number of carboxylic acid groups (broad SMARTS) is 1. The van der Waals surface area contributed by atoms with Gasteiger partial charge in [0.2, 0.25) is 0 Å². The molecule has 3 rings (SSSR count). The molecule has 6 nitrogen and oxygen atoms in total. The van der Waals surface area contributed by atoms with E-state index in [4.69, 9.17) is 4.74 Å². The molecule has 0 unspecified atom stereocenters.